The number of aryl methyl sites for hydroxylation is 1. The third-order valence-corrected chi connectivity index (χ3v) is 3.85. The van der Waals surface area contributed by atoms with Crippen molar-refractivity contribution < 1.29 is 14.6 Å². The summed E-state index contributed by atoms with van der Waals surface area (Å²) in [7, 11) is 0. The minimum atomic E-state index is -0.792. The molecule has 0 atom stereocenters. The quantitative estimate of drug-likeness (QED) is 0.880. The van der Waals surface area contributed by atoms with Gasteiger partial charge in [-0.15, -0.1) is 0 Å². The van der Waals surface area contributed by atoms with Crippen LogP contribution in [0.1, 0.15) is 16.7 Å². The first kappa shape index (κ1) is 14.7. The summed E-state index contributed by atoms with van der Waals surface area (Å²) >= 11 is 0. The fourth-order valence-electron chi connectivity index (χ4n) is 2.42. The van der Waals surface area contributed by atoms with E-state index in [0.29, 0.717) is 6.42 Å². The fourth-order valence-corrected chi connectivity index (χ4v) is 2.42. The first-order chi connectivity index (χ1) is 9.61. The molecule has 0 aliphatic carbocycles. The van der Waals surface area contributed by atoms with E-state index in [2.05, 4.69) is 0 Å². The van der Waals surface area contributed by atoms with Crippen molar-refractivity contribution in [3.8, 4) is 0 Å². The van der Waals surface area contributed by atoms with Crippen molar-refractivity contribution in [1.82, 2.24) is 0 Å². The lowest BCUT2D eigenvalue weighted by atomic mass is 9.76. The second-order valence-electron chi connectivity index (χ2n) is 5.21. The summed E-state index contributed by atoms with van der Waals surface area (Å²) in [6.45, 7) is 1.62. The molecule has 0 radical (unpaired) electrons. The maximum absolute atomic E-state index is 13.0. The van der Waals surface area contributed by atoms with Crippen LogP contribution in [0.3, 0.4) is 0 Å². The summed E-state index contributed by atoms with van der Waals surface area (Å²) in [4.78, 5) is 0. The predicted octanol–water partition coefficient (Wildman–Crippen LogP) is 2.60. The van der Waals surface area contributed by atoms with Gasteiger partial charge >= 0.3 is 0 Å². The number of aliphatic hydroxyl groups excluding tert-OH is 2. The van der Waals surface area contributed by atoms with Gasteiger partial charge in [0.2, 0.25) is 0 Å². The molecule has 3 heteroatoms. The van der Waals surface area contributed by atoms with Crippen molar-refractivity contribution in [2.75, 3.05) is 13.2 Å². The number of halogens is 1. The SMILES string of the molecule is Cc1ccccc1CC(CO)(CO)c1ccc(F)cc1. The van der Waals surface area contributed by atoms with Crippen molar-refractivity contribution in [2.24, 2.45) is 0 Å². The van der Waals surface area contributed by atoms with Crippen LogP contribution >= 0.6 is 0 Å². The number of benzene rings is 2. The van der Waals surface area contributed by atoms with Crippen LogP contribution in [-0.2, 0) is 11.8 Å². The minimum Gasteiger partial charge on any atom is -0.395 e. The molecule has 2 rings (SSSR count). The van der Waals surface area contributed by atoms with Gasteiger partial charge in [-0.2, -0.15) is 0 Å². The molecule has 2 aromatic rings. The minimum absolute atomic E-state index is 0.191. The topological polar surface area (TPSA) is 40.5 Å². The lowest BCUT2D eigenvalue weighted by Crippen LogP contribution is -2.37. The lowest BCUT2D eigenvalue weighted by Gasteiger charge is -2.31. The third-order valence-electron chi connectivity index (χ3n) is 3.85. The molecule has 2 aromatic carbocycles. The molecule has 0 bridgehead atoms. The Morgan fingerprint density at radius 1 is 0.950 bits per heavy atom. The van der Waals surface area contributed by atoms with Crippen LogP contribution in [0.15, 0.2) is 48.5 Å². The van der Waals surface area contributed by atoms with E-state index >= 15 is 0 Å². The van der Waals surface area contributed by atoms with Crippen LogP contribution in [0, 0.1) is 12.7 Å². The highest BCUT2D eigenvalue weighted by Crippen LogP contribution is 2.29. The van der Waals surface area contributed by atoms with Gasteiger partial charge in [-0.05, 0) is 42.2 Å². The van der Waals surface area contributed by atoms with Gasteiger partial charge < -0.3 is 10.2 Å². The highest BCUT2D eigenvalue weighted by molar-refractivity contribution is 5.33. The molecule has 0 saturated heterocycles. The zero-order chi connectivity index (χ0) is 14.6. The van der Waals surface area contributed by atoms with E-state index in [0.717, 1.165) is 16.7 Å². The van der Waals surface area contributed by atoms with Gasteiger partial charge in [-0.1, -0.05) is 36.4 Å². The molecule has 0 heterocycles. The van der Waals surface area contributed by atoms with Gasteiger partial charge in [0.15, 0.2) is 0 Å². The van der Waals surface area contributed by atoms with Gasteiger partial charge in [0.05, 0.1) is 13.2 Å². The molecule has 0 aromatic heterocycles. The van der Waals surface area contributed by atoms with Crippen LogP contribution in [0.4, 0.5) is 4.39 Å². The zero-order valence-electron chi connectivity index (χ0n) is 11.5. The van der Waals surface area contributed by atoms with E-state index in [4.69, 9.17) is 0 Å². The van der Waals surface area contributed by atoms with Gasteiger partial charge in [0, 0.05) is 5.41 Å². The molecule has 2 nitrogen and oxygen atoms in total. The molecule has 0 aliphatic heterocycles. The van der Waals surface area contributed by atoms with Crippen LogP contribution < -0.4 is 0 Å². The Hall–Kier alpha value is -1.71. The molecular weight excluding hydrogens is 255 g/mol. The van der Waals surface area contributed by atoms with Crippen LogP contribution in [0.2, 0.25) is 0 Å². The molecule has 0 fully saturated rings. The van der Waals surface area contributed by atoms with E-state index in [-0.39, 0.29) is 19.0 Å². The smallest absolute Gasteiger partial charge is 0.123 e. The monoisotopic (exact) mass is 274 g/mol. The van der Waals surface area contributed by atoms with Crippen LogP contribution in [0.25, 0.3) is 0 Å². The largest absolute Gasteiger partial charge is 0.395 e. The first-order valence-corrected chi connectivity index (χ1v) is 6.63. The molecule has 2 N–H and O–H groups in total. The second-order valence-corrected chi connectivity index (χ2v) is 5.21. The number of hydrogen-bond acceptors (Lipinski definition) is 2. The third kappa shape index (κ3) is 2.89. The number of rotatable bonds is 5. The number of aliphatic hydroxyl groups is 2. The maximum Gasteiger partial charge on any atom is 0.123 e. The van der Waals surface area contributed by atoms with Crippen molar-refractivity contribution in [3.63, 3.8) is 0 Å². The predicted molar refractivity (Wildman–Crippen MR) is 77.1 cm³/mol. The summed E-state index contributed by atoms with van der Waals surface area (Å²) in [5.41, 5.74) is 2.13. The van der Waals surface area contributed by atoms with E-state index in [9.17, 15) is 14.6 Å². The summed E-state index contributed by atoms with van der Waals surface area (Å²) in [6.07, 6.45) is 0.512. The average molecular weight is 274 g/mol. The van der Waals surface area contributed by atoms with E-state index in [1.807, 2.05) is 31.2 Å². The van der Waals surface area contributed by atoms with E-state index in [1.165, 1.54) is 12.1 Å². The lowest BCUT2D eigenvalue weighted by molar-refractivity contribution is 0.116. The van der Waals surface area contributed by atoms with Gasteiger partial charge in [-0.25, -0.2) is 4.39 Å². The van der Waals surface area contributed by atoms with Gasteiger partial charge in [0.25, 0.3) is 0 Å². The van der Waals surface area contributed by atoms with Crippen molar-refractivity contribution in [1.29, 1.82) is 0 Å². The average Bonchev–Trinajstić information content (AvgIpc) is 2.48. The summed E-state index contributed by atoms with van der Waals surface area (Å²) in [6, 6.07) is 13.8. The molecule has 0 spiro atoms. The Balaban J connectivity index is 2.39. The Morgan fingerprint density at radius 2 is 1.55 bits per heavy atom. The second kappa shape index (κ2) is 6.16. The standard InChI is InChI=1S/C17H19FO2/c1-13-4-2-3-5-14(13)10-17(11-19,12-20)15-6-8-16(18)9-7-15/h2-9,19-20H,10-12H2,1H3. The maximum atomic E-state index is 13.0. The van der Waals surface area contributed by atoms with Crippen molar-refractivity contribution in [3.05, 3.63) is 71.0 Å². The van der Waals surface area contributed by atoms with Crippen molar-refractivity contribution in [2.45, 2.75) is 18.8 Å². The summed E-state index contributed by atoms with van der Waals surface area (Å²) in [5.74, 6) is -0.325. The van der Waals surface area contributed by atoms with Crippen LogP contribution in [0.5, 0.6) is 0 Å². The summed E-state index contributed by atoms with van der Waals surface area (Å²) < 4.78 is 13.0. The highest BCUT2D eigenvalue weighted by Gasteiger charge is 2.31. The normalized spacial score (nSPS) is 11.6. The number of hydrogen-bond donors (Lipinski definition) is 2. The molecule has 0 unspecified atom stereocenters. The zero-order valence-corrected chi connectivity index (χ0v) is 11.5. The van der Waals surface area contributed by atoms with E-state index < -0.39 is 5.41 Å². The molecule has 0 saturated carbocycles. The van der Waals surface area contributed by atoms with E-state index in [1.54, 1.807) is 12.1 Å². The highest BCUT2D eigenvalue weighted by atomic mass is 19.1. The fraction of sp³-hybridized carbons (Fsp3) is 0.294. The Kier molecular flexibility index (Phi) is 4.53. The Bertz CT molecular complexity index is 559. The van der Waals surface area contributed by atoms with Gasteiger partial charge in [0.1, 0.15) is 5.82 Å². The Labute approximate surface area is 118 Å². The summed E-state index contributed by atoms with van der Waals surface area (Å²) in [5, 5.41) is 19.6. The van der Waals surface area contributed by atoms with Gasteiger partial charge in [-0.3, -0.25) is 0 Å². The first-order valence-electron chi connectivity index (χ1n) is 6.63. The molecule has 106 valence electrons. The van der Waals surface area contributed by atoms with Crippen molar-refractivity contribution >= 4 is 0 Å². The molecule has 20 heavy (non-hydrogen) atoms. The molecular formula is C17H19FO2. The molecule has 0 amide bonds. The molecule has 0 aliphatic rings. The Morgan fingerprint density at radius 3 is 2.10 bits per heavy atom. The van der Waals surface area contributed by atoms with Crippen LogP contribution in [-0.4, -0.2) is 23.4 Å².